The lowest BCUT2D eigenvalue weighted by atomic mass is 10.0. The normalized spacial score (nSPS) is 11.6. The molecule has 1 rings (SSSR count). The van der Waals surface area contributed by atoms with Gasteiger partial charge >= 0.3 is 8.60 Å². The summed E-state index contributed by atoms with van der Waals surface area (Å²) in [7, 11) is 0.303. The zero-order chi connectivity index (χ0) is 23.4. The first kappa shape index (κ1) is 29.2. The van der Waals surface area contributed by atoms with Gasteiger partial charge in [0.25, 0.3) is 0 Å². The van der Waals surface area contributed by atoms with Crippen LogP contribution in [-0.2, 0) is 9.05 Å². The van der Waals surface area contributed by atoms with Crippen LogP contribution in [0.5, 0.6) is 11.5 Å². The van der Waals surface area contributed by atoms with Gasteiger partial charge in [-0.1, -0.05) is 91.9 Å². The van der Waals surface area contributed by atoms with Gasteiger partial charge in [-0.3, -0.25) is 0 Å². The topological polar surface area (TPSA) is 36.9 Å². The van der Waals surface area contributed by atoms with Crippen LogP contribution in [-0.4, -0.2) is 20.3 Å². The van der Waals surface area contributed by atoms with E-state index in [0.29, 0.717) is 13.2 Å². The molecule has 32 heavy (non-hydrogen) atoms. The van der Waals surface area contributed by atoms with Gasteiger partial charge in [0.2, 0.25) is 0 Å². The Morgan fingerprint density at radius 1 is 0.594 bits per heavy atom. The molecule has 0 spiro atoms. The van der Waals surface area contributed by atoms with Crippen LogP contribution in [0.3, 0.4) is 0 Å². The van der Waals surface area contributed by atoms with Gasteiger partial charge in [0, 0.05) is 0 Å². The highest BCUT2D eigenvalue weighted by atomic mass is 31.2. The molecular formula is C27H49O4P. The van der Waals surface area contributed by atoms with E-state index in [1.807, 2.05) is 24.3 Å². The Hall–Kier alpha value is -0.830. The van der Waals surface area contributed by atoms with E-state index in [0.717, 1.165) is 36.2 Å². The lowest BCUT2D eigenvalue weighted by Crippen LogP contribution is -2.01. The molecule has 0 heterocycles. The van der Waals surface area contributed by atoms with Crippen LogP contribution in [0.4, 0.5) is 0 Å². The standard InChI is InChI=1S/C27H49O4P/c1-24(2)16-12-8-6-10-14-22-29-32(31-27-20-18-26(28-5)19-21-27)30-23-15-11-7-9-13-17-25(3)4/h18-21,24-25H,6-17,22-23H2,1-5H3. The van der Waals surface area contributed by atoms with Crippen LogP contribution in [0.1, 0.15) is 105 Å². The molecule has 0 atom stereocenters. The molecule has 0 fully saturated rings. The van der Waals surface area contributed by atoms with Crippen LogP contribution >= 0.6 is 8.60 Å². The summed E-state index contributed by atoms with van der Waals surface area (Å²) in [6.45, 7) is 10.6. The first-order valence-electron chi connectivity index (χ1n) is 12.9. The molecule has 0 radical (unpaired) electrons. The molecule has 0 N–H and O–H groups in total. The van der Waals surface area contributed by atoms with Crippen molar-refractivity contribution in [3.63, 3.8) is 0 Å². The SMILES string of the molecule is COc1ccc(OP(OCCCCCCCC(C)C)OCCCCCCCC(C)C)cc1. The third-order valence-corrected chi connectivity index (χ3v) is 6.63. The third kappa shape index (κ3) is 16.8. The molecule has 0 aliphatic rings. The quantitative estimate of drug-likeness (QED) is 0.133. The number of benzene rings is 1. The van der Waals surface area contributed by atoms with Gasteiger partial charge < -0.3 is 18.3 Å². The van der Waals surface area contributed by atoms with Crippen molar-refractivity contribution < 1.29 is 18.3 Å². The zero-order valence-corrected chi connectivity index (χ0v) is 22.3. The third-order valence-electron chi connectivity index (χ3n) is 5.48. The number of ether oxygens (including phenoxy) is 1. The van der Waals surface area contributed by atoms with Crippen LogP contribution in [0, 0.1) is 11.8 Å². The summed E-state index contributed by atoms with van der Waals surface area (Å²) < 4.78 is 23.3. The van der Waals surface area contributed by atoms with Gasteiger partial charge in [0.05, 0.1) is 20.3 Å². The van der Waals surface area contributed by atoms with E-state index < -0.39 is 8.60 Å². The summed E-state index contributed by atoms with van der Waals surface area (Å²) in [6, 6.07) is 7.61. The fourth-order valence-electron chi connectivity index (χ4n) is 3.46. The molecule has 0 amide bonds. The molecule has 0 aliphatic heterocycles. The smallest absolute Gasteiger partial charge is 0.397 e. The highest BCUT2D eigenvalue weighted by Crippen LogP contribution is 2.41. The summed E-state index contributed by atoms with van der Waals surface area (Å²) in [5.41, 5.74) is 0. The van der Waals surface area contributed by atoms with E-state index in [1.54, 1.807) is 7.11 Å². The molecule has 0 unspecified atom stereocenters. The Kier molecular flexibility index (Phi) is 17.9. The Labute approximate surface area is 199 Å². The van der Waals surface area contributed by atoms with Crippen LogP contribution in [0.15, 0.2) is 24.3 Å². The molecule has 0 aromatic heterocycles. The molecular weight excluding hydrogens is 419 g/mol. The molecule has 4 nitrogen and oxygen atoms in total. The van der Waals surface area contributed by atoms with Gasteiger partial charge in [0.1, 0.15) is 11.5 Å². The zero-order valence-electron chi connectivity index (χ0n) is 21.4. The molecule has 186 valence electrons. The Bertz CT molecular complexity index is 509. The monoisotopic (exact) mass is 468 g/mol. The summed E-state index contributed by atoms with van der Waals surface area (Å²) in [5, 5.41) is 0. The lowest BCUT2D eigenvalue weighted by Gasteiger charge is -2.17. The first-order chi connectivity index (χ1) is 15.5. The van der Waals surface area contributed by atoms with E-state index in [1.165, 1.54) is 64.2 Å². The number of unbranched alkanes of at least 4 members (excludes halogenated alkanes) is 8. The molecule has 5 heteroatoms. The van der Waals surface area contributed by atoms with Gasteiger partial charge in [-0.25, -0.2) is 0 Å². The molecule has 0 bridgehead atoms. The number of hydrogen-bond acceptors (Lipinski definition) is 4. The van der Waals surface area contributed by atoms with E-state index in [9.17, 15) is 0 Å². The average molecular weight is 469 g/mol. The Morgan fingerprint density at radius 2 is 1.00 bits per heavy atom. The van der Waals surface area contributed by atoms with Gasteiger partial charge in [-0.2, -0.15) is 0 Å². The Morgan fingerprint density at radius 3 is 1.44 bits per heavy atom. The van der Waals surface area contributed by atoms with Crippen LogP contribution in [0.2, 0.25) is 0 Å². The van der Waals surface area contributed by atoms with Gasteiger partial charge in [-0.05, 0) is 48.9 Å². The van der Waals surface area contributed by atoms with E-state index >= 15 is 0 Å². The summed E-state index contributed by atoms with van der Waals surface area (Å²) in [4.78, 5) is 0. The largest absolute Gasteiger partial charge is 0.497 e. The van der Waals surface area contributed by atoms with Crippen molar-refractivity contribution >= 4 is 8.60 Å². The molecule has 1 aromatic rings. The van der Waals surface area contributed by atoms with Crippen molar-refractivity contribution in [2.45, 2.75) is 105 Å². The minimum atomic E-state index is -1.36. The molecule has 0 saturated carbocycles. The minimum absolute atomic E-state index is 0.696. The summed E-state index contributed by atoms with van der Waals surface area (Å²) in [6.07, 6.45) is 15.1. The summed E-state index contributed by atoms with van der Waals surface area (Å²) >= 11 is 0. The summed E-state index contributed by atoms with van der Waals surface area (Å²) in [5.74, 6) is 3.21. The second-order valence-electron chi connectivity index (χ2n) is 9.56. The lowest BCUT2D eigenvalue weighted by molar-refractivity contribution is 0.198. The number of methoxy groups -OCH3 is 1. The second kappa shape index (κ2) is 19.6. The molecule has 1 aromatic carbocycles. The van der Waals surface area contributed by atoms with Crippen molar-refractivity contribution in [2.24, 2.45) is 11.8 Å². The Balaban J connectivity index is 2.27. The van der Waals surface area contributed by atoms with E-state index in [-0.39, 0.29) is 0 Å². The van der Waals surface area contributed by atoms with Crippen molar-refractivity contribution in [2.75, 3.05) is 20.3 Å². The maximum absolute atomic E-state index is 6.02. The van der Waals surface area contributed by atoms with Crippen molar-refractivity contribution in [1.29, 1.82) is 0 Å². The van der Waals surface area contributed by atoms with E-state index in [2.05, 4.69) is 27.7 Å². The van der Waals surface area contributed by atoms with Crippen molar-refractivity contribution in [1.82, 2.24) is 0 Å². The fourth-order valence-corrected chi connectivity index (χ4v) is 4.49. The van der Waals surface area contributed by atoms with Gasteiger partial charge in [-0.15, -0.1) is 0 Å². The average Bonchev–Trinajstić information content (AvgIpc) is 2.77. The highest BCUT2D eigenvalue weighted by molar-refractivity contribution is 7.42. The number of rotatable bonds is 21. The van der Waals surface area contributed by atoms with Crippen molar-refractivity contribution in [3.05, 3.63) is 24.3 Å². The predicted octanol–water partition coefficient (Wildman–Crippen LogP) is 9.33. The first-order valence-corrected chi connectivity index (χ1v) is 14.0. The van der Waals surface area contributed by atoms with Gasteiger partial charge in [0.15, 0.2) is 0 Å². The molecule has 0 aliphatic carbocycles. The minimum Gasteiger partial charge on any atom is -0.497 e. The fraction of sp³-hybridized carbons (Fsp3) is 0.778. The molecule has 0 saturated heterocycles. The second-order valence-corrected chi connectivity index (χ2v) is 10.7. The highest BCUT2D eigenvalue weighted by Gasteiger charge is 2.15. The maximum atomic E-state index is 6.02. The maximum Gasteiger partial charge on any atom is 0.397 e. The van der Waals surface area contributed by atoms with Crippen LogP contribution in [0.25, 0.3) is 0 Å². The van der Waals surface area contributed by atoms with Crippen molar-refractivity contribution in [3.8, 4) is 11.5 Å². The number of hydrogen-bond donors (Lipinski definition) is 0. The predicted molar refractivity (Wildman–Crippen MR) is 138 cm³/mol. The van der Waals surface area contributed by atoms with E-state index in [4.69, 9.17) is 18.3 Å². The van der Waals surface area contributed by atoms with Crippen LogP contribution < -0.4 is 9.26 Å².